The van der Waals surface area contributed by atoms with Gasteiger partial charge in [0.25, 0.3) is 0 Å². The lowest BCUT2D eigenvalue weighted by molar-refractivity contribution is -0.133. The Hall–Kier alpha value is -3.73. The molecule has 0 fully saturated rings. The normalized spacial score (nSPS) is 21.2. The molecule has 0 radical (unpaired) electrons. The van der Waals surface area contributed by atoms with E-state index in [1.807, 2.05) is 42.8 Å². The van der Waals surface area contributed by atoms with Gasteiger partial charge >= 0.3 is 0 Å². The van der Waals surface area contributed by atoms with E-state index in [0.29, 0.717) is 38.0 Å². The molecule has 11 heteroatoms. The van der Waals surface area contributed by atoms with Gasteiger partial charge in [-0.2, -0.15) is 0 Å². The molecular weight excluding hydrogens is 529 g/mol. The molecule has 5 atom stereocenters. The molecule has 1 aromatic carbocycles. The molecule has 4 rings (SSSR count). The highest BCUT2D eigenvalue weighted by molar-refractivity contribution is 5.93. The maximum Gasteiger partial charge on any atom is 0.246 e. The molecular formula is C30H40FN5O5. The Balaban J connectivity index is 1.46. The van der Waals surface area contributed by atoms with Crippen LogP contribution in [0.4, 0.5) is 10.1 Å². The Morgan fingerprint density at radius 1 is 1.20 bits per heavy atom. The quantitative estimate of drug-likeness (QED) is 0.227. The molecule has 41 heavy (non-hydrogen) atoms. The number of aryl methyl sites for hydroxylation is 1. The van der Waals surface area contributed by atoms with E-state index >= 15 is 0 Å². The maximum absolute atomic E-state index is 13.7. The molecule has 1 aliphatic carbocycles. The number of ether oxygens (including phenoxy) is 1. The highest BCUT2D eigenvalue weighted by Gasteiger charge is 2.43. The van der Waals surface area contributed by atoms with Crippen LogP contribution in [0.2, 0.25) is 0 Å². The number of carbonyl (C=O) groups excluding carboxylic acids is 4. The van der Waals surface area contributed by atoms with Crippen molar-refractivity contribution in [2.45, 2.75) is 70.6 Å². The van der Waals surface area contributed by atoms with Crippen LogP contribution in [0.15, 0.2) is 36.5 Å². The van der Waals surface area contributed by atoms with Crippen molar-refractivity contribution >= 4 is 29.2 Å². The molecule has 2 heterocycles. The molecule has 0 saturated carbocycles. The second-order valence-electron chi connectivity index (χ2n) is 11.0. The van der Waals surface area contributed by atoms with Gasteiger partial charge in [0.15, 0.2) is 0 Å². The first-order valence-corrected chi connectivity index (χ1v) is 14.3. The van der Waals surface area contributed by atoms with E-state index in [4.69, 9.17) is 10.5 Å². The van der Waals surface area contributed by atoms with Gasteiger partial charge in [-0.25, -0.2) is 4.39 Å². The number of halogens is 1. The molecule has 2 aliphatic rings. The van der Waals surface area contributed by atoms with Gasteiger partial charge in [0.1, 0.15) is 25.1 Å². The number of rotatable bonds is 12. The summed E-state index contributed by atoms with van der Waals surface area (Å²) >= 11 is 0. The van der Waals surface area contributed by atoms with Gasteiger partial charge < -0.3 is 31.0 Å². The van der Waals surface area contributed by atoms with E-state index in [9.17, 15) is 23.6 Å². The van der Waals surface area contributed by atoms with Crippen molar-refractivity contribution in [2.24, 2.45) is 11.8 Å². The van der Waals surface area contributed by atoms with Gasteiger partial charge in [0.05, 0.1) is 18.4 Å². The Kier molecular flexibility index (Phi) is 10.1. The number of nitrogen functional groups attached to an aromatic ring is 1. The lowest BCUT2D eigenvalue weighted by atomic mass is 9.79. The fraction of sp³-hybridized carbons (Fsp3) is 0.533. The maximum atomic E-state index is 13.7. The van der Waals surface area contributed by atoms with Crippen LogP contribution in [0.5, 0.6) is 0 Å². The van der Waals surface area contributed by atoms with Crippen LogP contribution in [0.3, 0.4) is 0 Å². The largest absolute Gasteiger partial charge is 0.399 e. The molecule has 1 aromatic heterocycles. The highest BCUT2D eigenvalue weighted by Crippen LogP contribution is 2.38. The van der Waals surface area contributed by atoms with Crippen molar-refractivity contribution < 1.29 is 28.3 Å². The van der Waals surface area contributed by atoms with E-state index in [1.54, 1.807) is 12.1 Å². The Labute approximate surface area is 239 Å². The third kappa shape index (κ3) is 7.32. The monoisotopic (exact) mass is 569 g/mol. The lowest BCUT2D eigenvalue weighted by Gasteiger charge is -2.34. The highest BCUT2D eigenvalue weighted by atomic mass is 19.1. The number of nitrogens with zero attached hydrogens (tertiary/aromatic N) is 1. The zero-order valence-electron chi connectivity index (χ0n) is 23.7. The van der Waals surface area contributed by atoms with E-state index in [0.717, 1.165) is 16.8 Å². The summed E-state index contributed by atoms with van der Waals surface area (Å²) in [5, 5.41) is 8.72. The molecule has 3 amide bonds. The molecule has 1 aliphatic heterocycles. The van der Waals surface area contributed by atoms with Crippen molar-refractivity contribution in [1.82, 2.24) is 20.5 Å². The van der Waals surface area contributed by atoms with Crippen LogP contribution in [-0.2, 0) is 43.4 Å². The second-order valence-corrected chi connectivity index (χ2v) is 11.0. The first-order chi connectivity index (χ1) is 19.7. The van der Waals surface area contributed by atoms with E-state index in [2.05, 4.69) is 16.0 Å². The van der Waals surface area contributed by atoms with E-state index in [-0.39, 0.29) is 43.2 Å². The van der Waals surface area contributed by atoms with Crippen LogP contribution < -0.4 is 21.7 Å². The fourth-order valence-electron chi connectivity index (χ4n) is 5.71. The summed E-state index contributed by atoms with van der Waals surface area (Å²) in [6, 6.07) is 7.93. The molecule has 0 spiro atoms. The second kappa shape index (κ2) is 13.8. The number of alkyl halides is 1. The number of carbonyl (C=O) groups is 4. The minimum absolute atomic E-state index is 0.0587. The number of hydrogen-bond acceptors (Lipinski definition) is 6. The van der Waals surface area contributed by atoms with Gasteiger partial charge in [0.2, 0.25) is 17.7 Å². The predicted molar refractivity (Wildman–Crippen MR) is 151 cm³/mol. The topological polar surface area (TPSA) is 145 Å². The summed E-state index contributed by atoms with van der Waals surface area (Å²) in [4.78, 5) is 52.7. The summed E-state index contributed by atoms with van der Waals surface area (Å²) < 4.78 is 19.3. The van der Waals surface area contributed by atoms with Gasteiger partial charge in [-0.3, -0.25) is 19.2 Å². The molecule has 2 aromatic rings. The molecule has 222 valence electrons. The van der Waals surface area contributed by atoms with Gasteiger partial charge in [-0.15, -0.1) is 0 Å². The number of ketones is 1. The number of amides is 3. The van der Waals surface area contributed by atoms with Crippen molar-refractivity contribution in [3.8, 4) is 0 Å². The number of nitrogens with one attached hydrogen (secondary N) is 3. The molecule has 0 saturated heterocycles. The van der Waals surface area contributed by atoms with Crippen LogP contribution in [-0.4, -0.2) is 60.0 Å². The minimum Gasteiger partial charge on any atom is -0.399 e. The summed E-state index contributed by atoms with van der Waals surface area (Å²) in [5.41, 5.74) is 9.20. The van der Waals surface area contributed by atoms with Crippen molar-refractivity contribution in [3.05, 3.63) is 53.3 Å². The zero-order chi connectivity index (χ0) is 29.5. The number of nitrogens with two attached hydrogens (primary N) is 1. The number of aromatic nitrogens is 1. The minimum atomic E-state index is -0.831. The molecule has 10 nitrogen and oxygen atoms in total. The summed E-state index contributed by atoms with van der Waals surface area (Å²) in [6.45, 7) is 3.25. The third-order valence-corrected chi connectivity index (χ3v) is 8.14. The average molecular weight is 570 g/mol. The predicted octanol–water partition coefficient (Wildman–Crippen LogP) is 2.01. The number of hydrogen-bond donors (Lipinski definition) is 4. The van der Waals surface area contributed by atoms with E-state index < -0.39 is 36.5 Å². The Morgan fingerprint density at radius 3 is 2.66 bits per heavy atom. The summed E-state index contributed by atoms with van der Waals surface area (Å²) in [5.74, 6) is -2.49. The Morgan fingerprint density at radius 2 is 1.95 bits per heavy atom. The van der Waals surface area contributed by atoms with Crippen LogP contribution in [0, 0.1) is 11.8 Å². The molecule has 0 bridgehead atoms. The third-order valence-electron chi connectivity index (χ3n) is 8.14. The van der Waals surface area contributed by atoms with Crippen LogP contribution >= 0.6 is 0 Å². The first kappa shape index (κ1) is 30.2. The number of anilines is 1. The summed E-state index contributed by atoms with van der Waals surface area (Å²) in [6.07, 6.45) is 3.86. The molecule has 3 unspecified atom stereocenters. The van der Waals surface area contributed by atoms with Gasteiger partial charge in [-0.1, -0.05) is 32.4 Å². The van der Waals surface area contributed by atoms with Crippen molar-refractivity contribution in [3.63, 3.8) is 0 Å². The lowest BCUT2D eigenvalue weighted by Crippen LogP contribution is -2.55. The SMILES string of the molecule is CCC(C)C(NC(=O)COCCF)C(=O)N[C@H]1CCc2ccn3c2C1C(=O)C[C@H](C(=O)NCc1ccc(N)cc1)C3. The van der Waals surface area contributed by atoms with Gasteiger partial charge in [-0.05, 0) is 48.1 Å². The number of benzene rings is 1. The standard InChI is InChI=1S/C30H40FN5O5/c1-3-18(2)27(35-25(38)17-41-13-11-31)30(40)34-23-9-6-20-10-12-36-16-21(14-24(37)26(23)28(20)36)29(39)33-15-19-4-7-22(32)8-5-19/h4-5,7-8,10,12,18,21,23,26-27H,3,6,9,11,13-17,32H2,1-2H3,(H,33,39)(H,34,40)(H,35,38)/t18?,21-,23-,26?,27?/m0/s1. The van der Waals surface area contributed by atoms with Crippen molar-refractivity contribution in [1.29, 1.82) is 0 Å². The number of Topliss-reactive ketones (excluding diaryl/α,β-unsaturated/α-hetero) is 1. The Bertz CT molecular complexity index is 1250. The average Bonchev–Trinajstić information content (AvgIpc) is 3.29. The van der Waals surface area contributed by atoms with E-state index in [1.165, 1.54) is 0 Å². The van der Waals surface area contributed by atoms with Crippen LogP contribution in [0.25, 0.3) is 0 Å². The smallest absolute Gasteiger partial charge is 0.246 e. The van der Waals surface area contributed by atoms with Gasteiger partial charge in [0, 0.05) is 43.1 Å². The molecule has 5 N–H and O–H groups in total. The zero-order valence-corrected chi connectivity index (χ0v) is 23.7. The fourth-order valence-corrected chi connectivity index (χ4v) is 5.71. The van der Waals surface area contributed by atoms with Crippen LogP contribution in [0.1, 0.15) is 55.8 Å². The van der Waals surface area contributed by atoms with Crippen molar-refractivity contribution in [2.75, 3.05) is 25.6 Å². The summed E-state index contributed by atoms with van der Waals surface area (Å²) in [7, 11) is 0. The first-order valence-electron chi connectivity index (χ1n) is 14.3.